The summed E-state index contributed by atoms with van der Waals surface area (Å²) in [5.74, 6) is 0.149. The van der Waals surface area contributed by atoms with E-state index in [1.807, 2.05) is 31.2 Å². The summed E-state index contributed by atoms with van der Waals surface area (Å²) in [6.07, 6.45) is 1.79. The molecule has 0 amide bonds. The van der Waals surface area contributed by atoms with Crippen molar-refractivity contribution in [1.82, 2.24) is 0 Å². The fraction of sp³-hybridized carbons (Fsp3) is 0.0625. The highest BCUT2D eigenvalue weighted by Gasteiger charge is 2.06. The van der Waals surface area contributed by atoms with Crippen LogP contribution in [0.2, 0.25) is 0 Å². The van der Waals surface area contributed by atoms with E-state index in [1.165, 1.54) is 0 Å². The molecule has 0 saturated carbocycles. The van der Waals surface area contributed by atoms with Gasteiger partial charge in [-0.3, -0.25) is 0 Å². The molecular weight excluding hydrogens is 382 g/mol. The van der Waals surface area contributed by atoms with Crippen LogP contribution in [-0.4, -0.2) is 5.11 Å². The maximum absolute atomic E-state index is 9.69. The van der Waals surface area contributed by atoms with Gasteiger partial charge in [0.1, 0.15) is 5.75 Å². The first-order valence-electron chi connectivity index (χ1n) is 5.88. The molecule has 0 radical (unpaired) electrons. The molecule has 0 unspecified atom stereocenters. The van der Waals surface area contributed by atoms with Crippen LogP contribution < -0.4 is 0 Å². The van der Waals surface area contributed by atoms with Crippen LogP contribution in [0.25, 0.3) is 11.6 Å². The van der Waals surface area contributed by atoms with Crippen molar-refractivity contribution >= 4 is 43.5 Å². The van der Waals surface area contributed by atoms with Crippen molar-refractivity contribution in [3.05, 3.63) is 62.0 Å². The third-order valence-electron chi connectivity index (χ3n) is 2.83. The Morgan fingerprint density at radius 2 is 1.70 bits per heavy atom. The number of benzene rings is 2. The number of rotatable bonds is 2. The van der Waals surface area contributed by atoms with E-state index >= 15 is 0 Å². The van der Waals surface area contributed by atoms with Gasteiger partial charge in [-0.1, -0.05) is 29.8 Å². The largest absolute Gasteiger partial charge is 0.506 e. The van der Waals surface area contributed by atoms with Crippen LogP contribution >= 0.6 is 31.9 Å². The van der Waals surface area contributed by atoms with Crippen molar-refractivity contribution in [2.24, 2.45) is 0 Å². The summed E-state index contributed by atoms with van der Waals surface area (Å²) in [5, 5.41) is 19.0. The molecule has 1 N–H and O–H groups in total. The number of nitriles is 1. The Balaban J connectivity index is 2.47. The van der Waals surface area contributed by atoms with E-state index in [-0.39, 0.29) is 5.75 Å². The summed E-state index contributed by atoms with van der Waals surface area (Å²) in [6.45, 7) is 2.01. The summed E-state index contributed by atoms with van der Waals surface area (Å²) in [6, 6.07) is 13.5. The lowest BCUT2D eigenvalue weighted by Gasteiger charge is -2.04. The normalized spacial score (nSPS) is 11.2. The summed E-state index contributed by atoms with van der Waals surface area (Å²) >= 11 is 6.56. The van der Waals surface area contributed by atoms with E-state index in [2.05, 4.69) is 37.9 Å². The van der Waals surface area contributed by atoms with Gasteiger partial charge in [0.15, 0.2) is 0 Å². The van der Waals surface area contributed by atoms with E-state index in [4.69, 9.17) is 0 Å². The predicted molar refractivity (Wildman–Crippen MR) is 88.2 cm³/mol. The average molecular weight is 393 g/mol. The Morgan fingerprint density at radius 1 is 1.15 bits per heavy atom. The van der Waals surface area contributed by atoms with Crippen molar-refractivity contribution in [3.63, 3.8) is 0 Å². The number of aryl methyl sites for hydroxylation is 1. The Bertz CT molecular complexity index is 689. The molecule has 100 valence electrons. The Kier molecular flexibility index (Phi) is 4.64. The summed E-state index contributed by atoms with van der Waals surface area (Å²) in [4.78, 5) is 0. The Morgan fingerprint density at radius 3 is 2.20 bits per heavy atom. The minimum absolute atomic E-state index is 0.149. The van der Waals surface area contributed by atoms with Gasteiger partial charge in [0.2, 0.25) is 0 Å². The highest BCUT2D eigenvalue weighted by molar-refractivity contribution is 9.11. The molecule has 0 aliphatic carbocycles. The fourth-order valence-corrected chi connectivity index (χ4v) is 2.97. The lowest BCUT2D eigenvalue weighted by molar-refractivity contribution is 0.468. The fourth-order valence-electron chi connectivity index (χ4n) is 1.75. The zero-order valence-corrected chi connectivity index (χ0v) is 13.9. The summed E-state index contributed by atoms with van der Waals surface area (Å²) < 4.78 is 1.17. The van der Waals surface area contributed by atoms with Crippen LogP contribution in [0, 0.1) is 18.3 Å². The maximum Gasteiger partial charge on any atom is 0.143 e. The minimum atomic E-state index is 0.149. The number of hydrogen-bond donors (Lipinski definition) is 1. The number of hydrogen-bond acceptors (Lipinski definition) is 2. The number of nitrogens with zero attached hydrogens (tertiary/aromatic N) is 1. The van der Waals surface area contributed by atoms with Crippen molar-refractivity contribution < 1.29 is 5.11 Å². The molecule has 2 rings (SSSR count). The van der Waals surface area contributed by atoms with E-state index in [0.29, 0.717) is 14.5 Å². The number of halogens is 2. The van der Waals surface area contributed by atoms with Crippen molar-refractivity contribution in [3.8, 4) is 11.8 Å². The van der Waals surface area contributed by atoms with E-state index in [9.17, 15) is 10.4 Å². The van der Waals surface area contributed by atoms with Crippen LogP contribution in [0.15, 0.2) is 45.3 Å². The van der Waals surface area contributed by atoms with Crippen LogP contribution in [0.5, 0.6) is 5.75 Å². The number of phenols is 1. The van der Waals surface area contributed by atoms with Gasteiger partial charge >= 0.3 is 0 Å². The first-order chi connectivity index (χ1) is 9.51. The molecule has 4 heteroatoms. The van der Waals surface area contributed by atoms with Gasteiger partial charge in [0.25, 0.3) is 0 Å². The molecule has 2 aromatic rings. The molecule has 0 heterocycles. The number of phenolic OH excluding ortho intramolecular Hbond substituents is 1. The molecular formula is C16H11Br2NO. The van der Waals surface area contributed by atoms with Crippen molar-refractivity contribution in [2.75, 3.05) is 0 Å². The molecule has 20 heavy (non-hydrogen) atoms. The first-order valence-corrected chi connectivity index (χ1v) is 7.46. The van der Waals surface area contributed by atoms with Crippen LogP contribution in [-0.2, 0) is 0 Å². The molecule has 0 atom stereocenters. The number of aromatic hydroxyl groups is 1. The second-order valence-electron chi connectivity index (χ2n) is 4.37. The van der Waals surface area contributed by atoms with Gasteiger partial charge < -0.3 is 5.11 Å². The Labute approximate surface area is 134 Å². The zero-order valence-electron chi connectivity index (χ0n) is 10.7. The standard InChI is InChI=1S/C16H11Br2NO/c1-10-2-4-12(5-3-10)13(9-19)6-11-7-14(17)16(20)15(18)8-11/h2-8,20H,1H3/b13-6-. The molecule has 0 aliphatic rings. The molecule has 0 bridgehead atoms. The smallest absolute Gasteiger partial charge is 0.143 e. The van der Waals surface area contributed by atoms with E-state index in [1.54, 1.807) is 18.2 Å². The molecule has 0 aromatic heterocycles. The van der Waals surface area contributed by atoms with Gasteiger partial charge in [-0.25, -0.2) is 0 Å². The molecule has 0 saturated heterocycles. The third-order valence-corrected chi connectivity index (χ3v) is 4.04. The van der Waals surface area contributed by atoms with E-state index < -0.39 is 0 Å². The maximum atomic E-state index is 9.69. The highest BCUT2D eigenvalue weighted by Crippen LogP contribution is 2.34. The summed E-state index contributed by atoms with van der Waals surface area (Å²) in [5.41, 5.74) is 3.44. The third kappa shape index (κ3) is 3.30. The zero-order chi connectivity index (χ0) is 14.7. The number of allylic oxidation sites excluding steroid dienone is 1. The first kappa shape index (κ1) is 14.8. The second kappa shape index (κ2) is 6.25. The minimum Gasteiger partial charge on any atom is -0.506 e. The Hall–Kier alpha value is -1.57. The molecule has 2 nitrogen and oxygen atoms in total. The predicted octanol–water partition coefficient (Wildman–Crippen LogP) is 5.29. The van der Waals surface area contributed by atoms with Crippen LogP contribution in [0.3, 0.4) is 0 Å². The monoisotopic (exact) mass is 391 g/mol. The molecule has 0 fully saturated rings. The highest BCUT2D eigenvalue weighted by atomic mass is 79.9. The lowest BCUT2D eigenvalue weighted by atomic mass is 10.0. The lowest BCUT2D eigenvalue weighted by Crippen LogP contribution is -1.84. The van der Waals surface area contributed by atoms with Gasteiger partial charge in [0, 0.05) is 0 Å². The molecule has 0 spiro atoms. The van der Waals surface area contributed by atoms with Gasteiger partial charge in [-0.15, -0.1) is 0 Å². The SMILES string of the molecule is Cc1ccc(/C(C#N)=C\c2cc(Br)c(O)c(Br)c2)cc1. The van der Waals surface area contributed by atoms with Gasteiger partial charge in [-0.2, -0.15) is 5.26 Å². The van der Waals surface area contributed by atoms with Crippen LogP contribution in [0.4, 0.5) is 0 Å². The average Bonchev–Trinajstić information content (AvgIpc) is 2.43. The topological polar surface area (TPSA) is 44.0 Å². The van der Waals surface area contributed by atoms with Crippen molar-refractivity contribution in [2.45, 2.75) is 6.92 Å². The quantitative estimate of drug-likeness (QED) is 0.557. The molecule has 2 aromatic carbocycles. The summed E-state index contributed by atoms with van der Waals surface area (Å²) in [7, 11) is 0. The van der Waals surface area contributed by atoms with E-state index in [0.717, 1.165) is 16.7 Å². The second-order valence-corrected chi connectivity index (χ2v) is 6.08. The van der Waals surface area contributed by atoms with Gasteiger partial charge in [-0.05, 0) is 68.1 Å². The molecule has 0 aliphatic heterocycles. The van der Waals surface area contributed by atoms with Gasteiger partial charge in [0.05, 0.1) is 20.6 Å². The van der Waals surface area contributed by atoms with Crippen LogP contribution in [0.1, 0.15) is 16.7 Å². The van der Waals surface area contributed by atoms with Crippen molar-refractivity contribution in [1.29, 1.82) is 5.26 Å².